The summed E-state index contributed by atoms with van der Waals surface area (Å²) in [4.78, 5) is 28.7. The lowest BCUT2D eigenvalue weighted by Crippen LogP contribution is -2.53. The van der Waals surface area contributed by atoms with Gasteiger partial charge in [-0.1, -0.05) is 66.5 Å². The number of ether oxygens (including phenoxy) is 1. The molecule has 11 heteroatoms. The Morgan fingerprint density at radius 3 is 2.27 bits per heavy atom. The minimum atomic E-state index is -4.25. The molecule has 0 aliphatic heterocycles. The molecule has 40 heavy (non-hydrogen) atoms. The zero-order valence-electron chi connectivity index (χ0n) is 22.8. The molecule has 1 atom stereocenters. The van der Waals surface area contributed by atoms with Crippen molar-refractivity contribution in [3.05, 3.63) is 88.4 Å². The second-order valence-electron chi connectivity index (χ2n) is 9.36. The highest BCUT2D eigenvalue weighted by atomic mass is 35.5. The van der Waals surface area contributed by atoms with Crippen LogP contribution in [0.5, 0.6) is 5.75 Å². The Morgan fingerprint density at radius 1 is 0.975 bits per heavy atom. The zero-order chi connectivity index (χ0) is 29.4. The predicted molar refractivity (Wildman–Crippen MR) is 158 cm³/mol. The third-order valence-electron chi connectivity index (χ3n) is 6.11. The summed E-state index contributed by atoms with van der Waals surface area (Å²) in [5.74, 6) is -0.348. The Bertz CT molecular complexity index is 1430. The number of carbonyl (C=O) groups excluding carboxylic acids is 2. The molecule has 0 bridgehead atoms. The predicted octanol–water partition coefficient (Wildman–Crippen LogP) is 5.53. The Hall–Kier alpha value is -3.27. The van der Waals surface area contributed by atoms with Crippen LogP contribution in [-0.4, -0.2) is 50.9 Å². The summed E-state index contributed by atoms with van der Waals surface area (Å²) >= 11 is 12.7. The van der Waals surface area contributed by atoms with Crippen molar-refractivity contribution in [1.29, 1.82) is 0 Å². The van der Waals surface area contributed by atoms with E-state index in [1.807, 2.05) is 19.9 Å². The lowest BCUT2D eigenvalue weighted by molar-refractivity contribution is -0.140. The van der Waals surface area contributed by atoms with Gasteiger partial charge in [0.05, 0.1) is 27.7 Å². The maximum Gasteiger partial charge on any atom is 0.264 e. The summed E-state index contributed by atoms with van der Waals surface area (Å²) < 4.78 is 34.0. The first-order valence-electron chi connectivity index (χ1n) is 12.7. The standard InChI is InChI=1S/C29H33Cl2N3O5S/c1-5-25(29(36)32-20(2)3)33(18-21-11-9-12-22(17-21)39-4)27(35)19-34(26-16-10-15-24(30)28(26)31)40(37,38)23-13-7-6-8-14-23/h6-17,20,25H,5,18-19H2,1-4H3,(H,32,36). The van der Waals surface area contributed by atoms with Crippen molar-refractivity contribution in [3.8, 4) is 5.75 Å². The highest BCUT2D eigenvalue weighted by molar-refractivity contribution is 7.92. The van der Waals surface area contributed by atoms with Crippen molar-refractivity contribution in [2.45, 2.75) is 50.7 Å². The van der Waals surface area contributed by atoms with Crippen LogP contribution in [0.3, 0.4) is 0 Å². The minimum absolute atomic E-state index is 0.0135. The number of nitrogens with zero attached hydrogens (tertiary/aromatic N) is 2. The normalized spacial score (nSPS) is 12.1. The number of rotatable bonds is 12. The van der Waals surface area contributed by atoms with Crippen molar-refractivity contribution in [1.82, 2.24) is 10.2 Å². The number of anilines is 1. The van der Waals surface area contributed by atoms with E-state index in [1.54, 1.807) is 49.4 Å². The van der Waals surface area contributed by atoms with Gasteiger partial charge in [-0.25, -0.2) is 8.42 Å². The lowest BCUT2D eigenvalue weighted by Gasteiger charge is -2.33. The molecule has 8 nitrogen and oxygen atoms in total. The maximum atomic E-state index is 14.1. The van der Waals surface area contributed by atoms with Crippen molar-refractivity contribution in [2.24, 2.45) is 0 Å². The Morgan fingerprint density at radius 2 is 1.65 bits per heavy atom. The highest BCUT2D eigenvalue weighted by Gasteiger charge is 2.34. The number of hydrogen-bond acceptors (Lipinski definition) is 5. The lowest BCUT2D eigenvalue weighted by atomic mass is 10.1. The van der Waals surface area contributed by atoms with Gasteiger partial charge >= 0.3 is 0 Å². The van der Waals surface area contributed by atoms with Crippen LogP contribution in [0.1, 0.15) is 32.8 Å². The molecule has 0 radical (unpaired) electrons. The van der Waals surface area contributed by atoms with E-state index in [9.17, 15) is 18.0 Å². The third-order valence-corrected chi connectivity index (χ3v) is 8.70. The molecule has 1 N–H and O–H groups in total. The van der Waals surface area contributed by atoms with Crippen molar-refractivity contribution in [3.63, 3.8) is 0 Å². The highest BCUT2D eigenvalue weighted by Crippen LogP contribution is 2.35. The smallest absolute Gasteiger partial charge is 0.264 e. The Kier molecular flexibility index (Phi) is 10.8. The molecule has 3 aromatic carbocycles. The van der Waals surface area contributed by atoms with Crippen molar-refractivity contribution < 1.29 is 22.7 Å². The number of sulfonamides is 1. The molecule has 3 rings (SSSR count). The monoisotopic (exact) mass is 605 g/mol. The number of benzene rings is 3. The van der Waals surface area contributed by atoms with Gasteiger partial charge in [0, 0.05) is 12.6 Å². The van der Waals surface area contributed by atoms with Gasteiger partial charge < -0.3 is 15.0 Å². The van der Waals surface area contributed by atoms with E-state index >= 15 is 0 Å². The van der Waals surface area contributed by atoms with Crippen LogP contribution in [0.25, 0.3) is 0 Å². The van der Waals surface area contributed by atoms with Crippen LogP contribution in [-0.2, 0) is 26.2 Å². The molecular formula is C29H33Cl2N3O5S. The Balaban J connectivity index is 2.10. The van der Waals surface area contributed by atoms with Gasteiger partial charge in [0.25, 0.3) is 10.0 Å². The first-order valence-corrected chi connectivity index (χ1v) is 14.9. The van der Waals surface area contributed by atoms with E-state index in [2.05, 4.69) is 5.32 Å². The average molecular weight is 607 g/mol. The second-order valence-corrected chi connectivity index (χ2v) is 12.0. The number of carbonyl (C=O) groups is 2. The molecule has 0 saturated heterocycles. The molecule has 0 aliphatic rings. The van der Waals surface area contributed by atoms with E-state index < -0.39 is 28.5 Å². The second kappa shape index (κ2) is 13.9. The Labute approximate surface area is 245 Å². The van der Waals surface area contributed by atoms with Gasteiger partial charge in [-0.15, -0.1) is 0 Å². The molecular weight excluding hydrogens is 573 g/mol. The molecule has 3 aromatic rings. The van der Waals surface area contributed by atoms with Crippen LogP contribution < -0.4 is 14.4 Å². The number of amides is 2. The molecule has 0 aromatic heterocycles. The van der Waals surface area contributed by atoms with Gasteiger partial charge in [0.15, 0.2) is 0 Å². The van der Waals surface area contributed by atoms with Gasteiger partial charge in [0.2, 0.25) is 11.8 Å². The molecule has 0 heterocycles. The van der Waals surface area contributed by atoms with Gasteiger partial charge in [-0.2, -0.15) is 0 Å². The van der Waals surface area contributed by atoms with Gasteiger partial charge in [-0.3, -0.25) is 13.9 Å². The topological polar surface area (TPSA) is 96.0 Å². The van der Waals surface area contributed by atoms with E-state index in [0.29, 0.717) is 17.7 Å². The third kappa shape index (κ3) is 7.47. The van der Waals surface area contributed by atoms with E-state index in [4.69, 9.17) is 27.9 Å². The van der Waals surface area contributed by atoms with Crippen LogP contribution in [0, 0.1) is 0 Å². The summed E-state index contributed by atoms with van der Waals surface area (Å²) in [6, 6.07) is 18.4. The summed E-state index contributed by atoms with van der Waals surface area (Å²) in [6.45, 7) is 4.88. The summed E-state index contributed by atoms with van der Waals surface area (Å²) in [5.41, 5.74) is 0.758. The van der Waals surface area contributed by atoms with Crippen LogP contribution >= 0.6 is 23.2 Å². The van der Waals surface area contributed by atoms with Gasteiger partial charge in [0.1, 0.15) is 18.3 Å². The molecule has 2 amide bonds. The molecule has 0 aliphatic carbocycles. The number of halogens is 2. The van der Waals surface area contributed by atoms with E-state index in [1.165, 1.54) is 36.3 Å². The SMILES string of the molecule is CCC(C(=O)NC(C)C)N(Cc1cccc(OC)c1)C(=O)CN(c1cccc(Cl)c1Cl)S(=O)(=O)c1ccccc1. The largest absolute Gasteiger partial charge is 0.497 e. The zero-order valence-corrected chi connectivity index (χ0v) is 25.1. The molecule has 1 unspecified atom stereocenters. The first-order chi connectivity index (χ1) is 19.0. The van der Waals surface area contributed by atoms with Crippen LogP contribution in [0.4, 0.5) is 5.69 Å². The summed E-state index contributed by atoms with van der Waals surface area (Å²) in [7, 11) is -2.72. The molecule has 0 saturated carbocycles. The fourth-order valence-electron chi connectivity index (χ4n) is 4.19. The first kappa shape index (κ1) is 31.3. The summed E-state index contributed by atoms with van der Waals surface area (Å²) in [5, 5.41) is 2.99. The summed E-state index contributed by atoms with van der Waals surface area (Å²) in [6.07, 6.45) is 0.303. The fraction of sp³-hybridized carbons (Fsp3) is 0.310. The minimum Gasteiger partial charge on any atom is -0.497 e. The molecule has 214 valence electrons. The van der Waals surface area contributed by atoms with Crippen LogP contribution in [0.15, 0.2) is 77.7 Å². The molecule has 0 spiro atoms. The number of nitrogens with one attached hydrogen (secondary N) is 1. The van der Waals surface area contributed by atoms with E-state index in [-0.39, 0.29) is 39.1 Å². The number of hydrogen-bond donors (Lipinski definition) is 1. The quantitative estimate of drug-likeness (QED) is 0.293. The van der Waals surface area contributed by atoms with E-state index in [0.717, 1.165) is 4.31 Å². The average Bonchev–Trinajstić information content (AvgIpc) is 2.93. The maximum absolute atomic E-state index is 14.1. The van der Waals surface area contributed by atoms with Crippen molar-refractivity contribution >= 4 is 50.7 Å². The van der Waals surface area contributed by atoms with Crippen LogP contribution in [0.2, 0.25) is 10.0 Å². The number of methoxy groups -OCH3 is 1. The molecule has 0 fully saturated rings. The fourth-order valence-corrected chi connectivity index (χ4v) is 6.08. The van der Waals surface area contributed by atoms with Crippen molar-refractivity contribution in [2.75, 3.05) is 18.0 Å². The van der Waals surface area contributed by atoms with Gasteiger partial charge in [-0.05, 0) is 62.2 Å².